The standard InChI is InChI=1S/C19H25N3O6S/c20-13(19(27)28)6-8-16(23)22-14(18(26)21-9-17(24)25)10-29-15-7-5-11-3-1-2-4-12(11)15/h1-4,13-15H,5-10,20H2,(H,21,26)(H,22,23)(H,24,25)(H,27,28)/t13-,14-,15?/m0/s1. The number of aliphatic carboxylic acids is 2. The highest BCUT2D eigenvalue weighted by atomic mass is 32.2. The van der Waals surface area contributed by atoms with Gasteiger partial charge >= 0.3 is 11.9 Å². The van der Waals surface area contributed by atoms with E-state index in [2.05, 4.69) is 16.7 Å². The molecule has 1 aromatic rings. The van der Waals surface area contributed by atoms with E-state index in [4.69, 9.17) is 15.9 Å². The lowest BCUT2D eigenvalue weighted by Crippen LogP contribution is -2.49. The molecule has 158 valence electrons. The van der Waals surface area contributed by atoms with E-state index in [9.17, 15) is 19.2 Å². The molecule has 0 radical (unpaired) electrons. The van der Waals surface area contributed by atoms with Gasteiger partial charge in [0.25, 0.3) is 0 Å². The molecule has 6 N–H and O–H groups in total. The van der Waals surface area contributed by atoms with Crippen molar-refractivity contribution in [3.05, 3.63) is 35.4 Å². The molecule has 0 bridgehead atoms. The number of amides is 2. The Morgan fingerprint density at radius 1 is 1.21 bits per heavy atom. The van der Waals surface area contributed by atoms with Gasteiger partial charge in [0.1, 0.15) is 18.6 Å². The maximum atomic E-state index is 12.4. The van der Waals surface area contributed by atoms with E-state index >= 15 is 0 Å². The van der Waals surface area contributed by atoms with Crippen LogP contribution in [0.4, 0.5) is 0 Å². The maximum absolute atomic E-state index is 12.4. The molecular formula is C19H25N3O6S. The average molecular weight is 423 g/mol. The van der Waals surface area contributed by atoms with Crippen molar-refractivity contribution in [2.75, 3.05) is 12.3 Å². The van der Waals surface area contributed by atoms with Crippen LogP contribution in [0.15, 0.2) is 24.3 Å². The van der Waals surface area contributed by atoms with E-state index in [1.54, 1.807) is 0 Å². The molecule has 3 atom stereocenters. The second-order valence-corrected chi connectivity index (χ2v) is 8.01. The molecule has 0 saturated carbocycles. The van der Waals surface area contributed by atoms with E-state index in [0.717, 1.165) is 12.8 Å². The minimum Gasteiger partial charge on any atom is -0.480 e. The Kier molecular flexibility index (Phi) is 8.47. The molecule has 0 spiro atoms. The molecule has 1 unspecified atom stereocenters. The van der Waals surface area contributed by atoms with Crippen LogP contribution in [0.1, 0.15) is 35.6 Å². The summed E-state index contributed by atoms with van der Waals surface area (Å²) in [6.45, 7) is -0.550. The summed E-state index contributed by atoms with van der Waals surface area (Å²) >= 11 is 1.53. The average Bonchev–Trinajstić information content (AvgIpc) is 3.10. The van der Waals surface area contributed by atoms with E-state index in [-0.39, 0.29) is 23.8 Å². The summed E-state index contributed by atoms with van der Waals surface area (Å²) in [7, 11) is 0. The number of benzene rings is 1. The predicted molar refractivity (Wildman–Crippen MR) is 107 cm³/mol. The fraction of sp³-hybridized carbons (Fsp3) is 0.474. The second kappa shape index (κ2) is 10.8. The maximum Gasteiger partial charge on any atom is 0.322 e. The zero-order chi connectivity index (χ0) is 21.4. The van der Waals surface area contributed by atoms with Crippen molar-refractivity contribution in [1.82, 2.24) is 10.6 Å². The lowest BCUT2D eigenvalue weighted by atomic mass is 10.1. The third-order valence-electron chi connectivity index (χ3n) is 4.61. The van der Waals surface area contributed by atoms with Crippen LogP contribution in [-0.4, -0.2) is 58.3 Å². The first-order chi connectivity index (χ1) is 13.8. The summed E-state index contributed by atoms with van der Waals surface area (Å²) in [5.41, 5.74) is 7.87. The van der Waals surface area contributed by atoms with E-state index < -0.39 is 42.4 Å². The molecule has 0 aliphatic heterocycles. The Morgan fingerprint density at radius 2 is 1.93 bits per heavy atom. The third-order valence-corrected chi connectivity index (χ3v) is 6.02. The van der Waals surface area contributed by atoms with Crippen LogP contribution in [0.3, 0.4) is 0 Å². The van der Waals surface area contributed by atoms with Gasteiger partial charge in [-0.3, -0.25) is 19.2 Å². The van der Waals surface area contributed by atoms with Gasteiger partial charge in [-0.05, 0) is 30.4 Å². The smallest absolute Gasteiger partial charge is 0.322 e. The van der Waals surface area contributed by atoms with Gasteiger partial charge in [-0.25, -0.2) is 0 Å². The molecule has 1 aliphatic rings. The first-order valence-corrected chi connectivity index (χ1v) is 10.3. The van der Waals surface area contributed by atoms with Crippen LogP contribution in [0.5, 0.6) is 0 Å². The summed E-state index contributed by atoms with van der Waals surface area (Å²) in [5.74, 6) is -3.23. The number of hydrogen-bond donors (Lipinski definition) is 5. The van der Waals surface area contributed by atoms with Crippen LogP contribution < -0.4 is 16.4 Å². The molecule has 0 fully saturated rings. The van der Waals surface area contributed by atoms with Crippen molar-refractivity contribution in [3.63, 3.8) is 0 Å². The highest BCUT2D eigenvalue weighted by Gasteiger charge is 2.27. The third kappa shape index (κ3) is 7.06. The zero-order valence-electron chi connectivity index (χ0n) is 15.8. The monoisotopic (exact) mass is 423 g/mol. The lowest BCUT2D eigenvalue weighted by Gasteiger charge is -2.20. The van der Waals surface area contributed by atoms with Crippen LogP contribution in [0.25, 0.3) is 0 Å². The topological polar surface area (TPSA) is 159 Å². The van der Waals surface area contributed by atoms with E-state index in [0.29, 0.717) is 0 Å². The number of thioether (sulfide) groups is 1. The molecule has 1 aromatic carbocycles. The Labute approximate surface area is 172 Å². The van der Waals surface area contributed by atoms with Crippen molar-refractivity contribution in [1.29, 1.82) is 0 Å². The number of rotatable bonds is 11. The molecule has 10 heteroatoms. The summed E-state index contributed by atoms with van der Waals surface area (Å²) in [5, 5.41) is 22.6. The van der Waals surface area contributed by atoms with Gasteiger partial charge in [0.15, 0.2) is 0 Å². The number of carbonyl (C=O) groups is 4. The predicted octanol–water partition coefficient (Wildman–Crippen LogP) is 0.285. The largest absolute Gasteiger partial charge is 0.480 e. The fourth-order valence-electron chi connectivity index (χ4n) is 3.05. The van der Waals surface area contributed by atoms with Crippen molar-refractivity contribution in [2.45, 2.75) is 43.0 Å². The van der Waals surface area contributed by atoms with Crippen LogP contribution >= 0.6 is 11.8 Å². The van der Waals surface area contributed by atoms with Crippen molar-refractivity contribution >= 4 is 35.5 Å². The molecule has 29 heavy (non-hydrogen) atoms. The number of carboxylic acid groups (broad SMARTS) is 2. The molecule has 0 aromatic heterocycles. The Hall–Kier alpha value is -2.59. The Balaban J connectivity index is 1.95. The molecular weight excluding hydrogens is 398 g/mol. The number of carboxylic acids is 2. The SMILES string of the molecule is N[C@@H](CCC(=O)N[C@@H](CSC1CCc2ccccc21)C(=O)NCC(=O)O)C(=O)O. The molecule has 9 nitrogen and oxygen atoms in total. The highest BCUT2D eigenvalue weighted by Crippen LogP contribution is 2.41. The van der Waals surface area contributed by atoms with E-state index in [1.165, 1.54) is 22.9 Å². The summed E-state index contributed by atoms with van der Waals surface area (Å²) < 4.78 is 0. The van der Waals surface area contributed by atoms with Gasteiger partial charge in [0.05, 0.1) is 0 Å². The van der Waals surface area contributed by atoms with Crippen LogP contribution in [-0.2, 0) is 25.6 Å². The molecule has 2 rings (SSSR count). The number of nitrogens with two attached hydrogens (primary N) is 1. The van der Waals surface area contributed by atoms with Crippen molar-refractivity contribution < 1.29 is 29.4 Å². The van der Waals surface area contributed by atoms with Crippen LogP contribution in [0, 0.1) is 0 Å². The summed E-state index contributed by atoms with van der Waals surface area (Å²) in [6.07, 6.45) is 1.67. The van der Waals surface area contributed by atoms with Crippen molar-refractivity contribution in [2.24, 2.45) is 5.73 Å². The number of nitrogens with one attached hydrogen (secondary N) is 2. The normalized spacial score (nSPS) is 17.1. The number of carbonyl (C=O) groups excluding carboxylic acids is 2. The fourth-order valence-corrected chi connectivity index (χ4v) is 4.40. The van der Waals surface area contributed by atoms with Gasteiger partial charge in [0, 0.05) is 17.4 Å². The molecule has 1 aliphatic carbocycles. The molecule has 0 heterocycles. The van der Waals surface area contributed by atoms with Gasteiger partial charge in [-0.1, -0.05) is 24.3 Å². The summed E-state index contributed by atoms with van der Waals surface area (Å²) in [4.78, 5) is 46.0. The Bertz CT molecular complexity index is 772. The number of hydrogen-bond acceptors (Lipinski definition) is 6. The van der Waals surface area contributed by atoms with E-state index in [1.807, 2.05) is 18.2 Å². The minimum absolute atomic E-state index is 0.0617. The second-order valence-electron chi connectivity index (χ2n) is 6.77. The minimum atomic E-state index is -1.20. The quantitative estimate of drug-likeness (QED) is 0.339. The number of fused-ring (bicyclic) bond motifs is 1. The van der Waals surface area contributed by atoms with Gasteiger partial charge in [-0.15, -0.1) is 0 Å². The summed E-state index contributed by atoms with van der Waals surface area (Å²) in [6, 6.07) is 5.97. The van der Waals surface area contributed by atoms with Gasteiger partial charge in [-0.2, -0.15) is 11.8 Å². The number of aryl methyl sites for hydroxylation is 1. The first-order valence-electron chi connectivity index (χ1n) is 9.24. The zero-order valence-corrected chi connectivity index (χ0v) is 16.6. The molecule has 0 saturated heterocycles. The first kappa shape index (κ1) is 22.7. The van der Waals surface area contributed by atoms with Crippen molar-refractivity contribution in [3.8, 4) is 0 Å². The van der Waals surface area contributed by atoms with Gasteiger partial charge in [0.2, 0.25) is 11.8 Å². The lowest BCUT2D eigenvalue weighted by molar-refractivity contribution is -0.139. The molecule has 2 amide bonds. The Morgan fingerprint density at radius 3 is 2.62 bits per heavy atom. The van der Waals surface area contributed by atoms with Gasteiger partial charge < -0.3 is 26.6 Å². The highest BCUT2D eigenvalue weighted by molar-refractivity contribution is 7.99. The van der Waals surface area contributed by atoms with Crippen LogP contribution in [0.2, 0.25) is 0 Å².